The third kappa shape index (κ3) is 3.28. The quantitative estimate of drug-likeness (QED) is 0.402. The molecule has 1 heterocycles. The van der Waals surface area contributed by atoms with Gasteiger partial charge in [-0.05, 0) is 53.6 Å². The van der Waals surface area contributed by atoms with Crippen LogP contribution in [0.2, 0.25) is 0 Å². The summed E-state index contributed by atoms with van der Waals surface area (Å²) < 4.78 is 6.45. The molecule has 1 aliphatic heterocycles. The number of cyclic esters (lactones) is 1. The Morgan fingerprint density at radius 2 is 1.76 bits per heavy atom. The summed E-state index contributed by atoms with van der Waals surface area (Å²) in [5.41, 5.74) is 3.64. The fourth-order valence-electron chi connectivity index (χ4n) is 2.93. The summed E-state index contributed by atoms with van der Waals surface area (Å²) in [7, 11) is 0. The number of hydrogen-bond donors (Lipinski definition) is 0. The summed E-state index contributed by atoms with van der Waals surface area (Å²) in [4.78, 5) is 12.2. The molecule has 0 bridgehead atoms. The van der Waals surface area contributed by atoms with Crippen LogP contribution in [0.15, 0.2) is 76.8 Å². The van der Waals surface area contributed by atoms with Crippen molar-refractivity contribution in [3.8, 4) is 0 Å². The van der Waals surface area contributed by atoms with Gasteiger partial charge in [0.05, 0.1) is 5.57 Å². The fourth-order valence-corrected chi connectivity index (χ4v) is 3.34. The number of esters is 1. The third-order valence-corrected chi connectivity index (χ3v) is 4.67. The highest BCUT2D eigenvalue weighted by atomic mass is 79.9. The monoisotopic (exact) mass is 390 g/mol. The van der Waals surface area contributed by atoms with Gasteiger partial charge < -0.3 is 4.74 Å². The van der Waals surface area contributed by atoms with E-state index in [1.165, 1.54) is 10.9 Å². The number of fused-ring (bicyclic) bond motifs is 1. The van der Waals surface area contributed by atoms with Gasteiger partial charge in [-0.1, -0.05) is 64.0 Å². The largest absolute Gasteiger partial charge is 0.422 e. The molecule has 4 rings (SSSR count). The zero-order chi connectivity index (χ0) is 17.4. The molecule has 0 unspecified atom stereocenters. The standard InChI is InChI=1S/C22H15BrO2/c1-14-5-6-17-12-18(8-7-16(17)9-14)21-13-19(22(24)25-21)10-15-3-2-4-20(23)11-15/h2-13H,1H3. The third-order valence-electron chi connectivity index (χ3n) is 4.18. The number of aryl methyl sites for hydroxylation is 1. The highest BCUT2D eigenvalue weighted by molar-refractivity contribution is 9.10. The number of ether oxygens (including phenoxy) is 1. The van der Waals surface area contributed by atoms with Gasteiger partial charge in [-0.2, -0.15) is 0 Å². The lowest BCUT2D eigenvalue weighted by Crippen LogP contribution is -1.97. The zero-order valence-corrected chi connectivity index (χ0v) is 15.2. The first-order valence-electron chi connectivity index (χ1n) is 8.00. The van der Waals surface area contributed by atoms with E-state index in [0.29, 0.717) is 11.3 Å². The number of hydrogen-bond acceptors (Lipinski definition) is 2. The smallest absolute Gasteiger partial charge is 0.343 e. The maximum atomic E-state index is 12.2. The average molecular weight is 391 g/mol. The molecular formula is C22H15BrO2. The van der Waals surface area contributed by atoms with Crippen LogP contribution >= 0.6 is 15.9 Å². The zero-order valence-electron chi connectivity index (χ0n) is 13.6. The number of benzene rings is 3. The first kappa shape index (κ1) is 15.9. The summed E-state index contributed by atoms with van der Waals surface area (Å²) in [5, 5.41) is 2.31. The molecule has 0 amide bonds. The second-order valence-corrected chi connectivity index (χ2v) is 7.03. The van der Waals surface area contributed by atoms with Crippen molar-refractivity contribution in [2.24, 2.45) is 0 Å². The maximum absolute atomic E-state index is 12.2. The van der Waals surface area contributed by atoms with E-state index in [4.69, 9.17) is 4.74 Å². The summed E-state index contributed by atoms with van der Waals surface area (Å²) >= 11 is 3.44. The molecule has 25 heavy (non-hydrogen) atoms. The molecular weight excluding hydrogens is 376 g/mol. The molecule has 0 radical (unpaired) electrons. The van der Waals surface area contributed by atoms with E-state index in [-0.39, 0.29) is 5.97 Å². The van der Waals surface area contributed by atoms with Crippen LogP contribution in [-0.2, 0) is 9.53 Å². The molecule has 0 N–H and O–H groups in total. The summed E-state index contributed by atoms with van der Waals surface area (Å²) in [5.74, 6) is 0.271. The highest BCUT2D eigenvalue weighted by Crippen LogP contribution is 2.30. The van der Waals surface area contributed by atoms with E-state index in [9.17, 15) is 4.79 Å². The van der Waals surface area contributed by atoms with Gasteiger partial charge in [0, 0.05) is 10.0 Å². The summed E-state index contributed by atoms with van der Waals surface area (Å²) in [6.07, 6.45) is 3.64. The maximum Gasteiger partial charge on any atom is 0.343 e. The first-order chi connectivity index (χ1) is 12.1. The second-order valence-electron chi connectivity index (χ2n) is 6.12. The van der Waals surface area contributed by atoms with Crippen LogP contribution in [0, 0.1) is 6.92 Å². The topological polar surface area (TPSA) is 26.3 Å². The van der Waals surface area contributed by atoms with Crippen molar-refractivity contribution in [2.75, 3.05) is 0 Å². The van der Waals surface area contributed by atoms with Crippen molar-refractivity contribution in [3.63, 3.8) is 0 Å². The second kappa shape index (κ2) is 6.34. The van der Waals surface area contributed by atoms with E-state index < -0.39 is 0 Å². The van der Waals surface area contributed by atoms with Crippen LogP contribution in [0.4, 0.5) is 0 Å². The lowest BCUT2D eigenvalue weighted by atomic mass is 10.0. The molecule has 3 aromatic carbocycles. The Kier molecular flexibility index (Phi) is 4.02. The number of rotatable bonds is 2. The van der Waals surface area contributed by atoms with Gasteiger partial charge in [0.25, 0.3) is 0 Å². The molecule has 0 saturated heterocycles. The van der Waals surface area contributed by atoms with Gasteiger partial charge in [-0.25, -0.2) is 4.79 Å². The molecule has 3 aromatic rings. The predicted molar refractivity (Wildman–Crippen MR) is 105 cm³/mol. The minimum Gasteiger partial charge on any atom is -0.422 e. The van der Waals surface area contributed by atoms with Gasteiger partial charge in [-0.3, -0.25) is 0 Å². The Labute approximate surface area is 154 Å². The van der Waals surface area contributed by atoms with E-state index in [0.717, 1.165) is 21.0 Å². The first-order valence-corrected chi connectivity index (χ1v) is 8.80. The Hall–Kier alpha value is -2.65. The number of carbonyl (C=O) groups excluding carboxylic acids is 1. The van der Waals surface area contributed by atoms with Crippen molar-refractivity contribution >= 4 is 44.5 Å². The molecule has 0 saturated carbocycles. The van der Waals surface area contributed by atoms with E-state index in [1.54, 1.807) is 6.08 Å². The van der Waals surface area contributed by atoms with E-state index in [1.807, 2.05) is 36.4 Å². The van der Waals surface area contributed by atoms with E-state index in [2.05, 4.69) is 53.2 Å². The van der Waals surface area contributed by atoms with Gasteiger partial charge >= 0.3 is 5.97 Å². The summed E-state index contributed by atoms with van der Waals surface area (Å²) in [6.45, 7) is 2.08. The average Bonchev–Trinajstić information content (AvgIpc) is 2.95. The lowest BCUT2D eigenvalue weighted by molar-refractivity contribution is -0.130. The van der Waals surface area contributed by atoms with Crippen LogP contribution < -0.4 is 0 Å². The van der Waals surface area contributed by atoms with Gasteiger partial charge in [0.2, 0.25) is 0 Å². The number of carbonyl (C=O) groups is 1. The molecule has 2 nitrogen and oxygen atoms in total. The highest BCUT2D eigenvalue weighted by Gasteiger charge is 2.22. The normalized spacial score (nSPS) is 15.5. The minimum absolute atomic E-state index is 0.320. The molecule has 0 aliphatic carbocycles. The van der Waals surface area contributed by atoms with Crippen molar-refractivity contribution in [2.45, 2.75) is 6.92 Å². The number of halogens is 1. The predicted octanol–water partition coefficient (Wildman–Crippen LogP) is 5.89. The van der Waals surface area contributed by atoms with Gasteiger partial charge in [-0.15, -0.1) is 0 Å². The Bertz CT molecular complexity index is 1060. The Morgan fingerprint density at radius 1 is 0.960 bits per heavy atom. The minimum atomic E-state index is -0.320. The van der Waals surface area contributed by atoms with Crippen LogP contribution in [0.5, 0.6) is 0 Å². The SMILES string of the molecule is Cc1ccc2cc(C3=CC(=Cc4cccc(Br)c4)C(=O)O3)ccc2c1. The van der Waals surface area contributed by atoms with E-state index >= 15 is 0 Å². The molecule has 3 heteroatoms. The van der Waals surface area contributed by atoms with Gasteiger partial charge in [0.15, 0.2) is 0 Å². The molecule has 122 valence electrons. The van der Waals surface area contributed by atoms with Crippen LogP contribution in [-0.4, -0.2) is 5.97 Å². The molecule has 0 spiro atoms. The van der Waals surface area contributed by atoms with Crippen LogP contribution in [0.1, 0.15) is 16.7 Å². The van der Waals surface area contributed by atoms with Crippen molar-refractivity contribution in [3.05, 3.63) is 93.5 Å². The Balaban J connectivity index is 1.71. The Morgan fingerprint density at radius 3 is 2.60 bits per heavy atom. The van der Waals surface area contributed by atoms with Crippen molar-refractivity contribution in [1.82, 2.24) is 0 Å². The lowest BCUT2D eigenvalue weighted by Gasteiger charge is -2.05. The van der Waals surface area contributed by atoms with Gasteiger partial charge in [0.1, 0.15) is 5.76 Å². The molecule has 0 aromatic heterocycles. The molecule has 1 aliphatic rings. The van der Waals surface area contributed by atoms with Crippen LogP contribution in [0.25, 0.3) is 22.6 Å². The molecule has 0 fully saturated rings. The van der Waals surface area contributed by atoms with Crippen LogP contribution in [0.3, 0.4) is 0 Å². The molecule has 0 atom stereocenters. The summed E-state index contributed by atoms with van der Waals surface area (Å²) in [6, 6.07) is 20.2. The van der Waals surface area contributed by atoms with Crippen molar-refractivity contribution in [1.29, 1.82) is 0 Å². The van der Waals surface area contributed by atoms with Crippen molar-refractivity contribution < 1.29 is 9.53 Å². The fraction of sp³-hybridized carbons (Fsp3) is 0.0455.